The second-order valence-corrected chi connectivity index (χ2v) is 4.53. The van der Waals surface area contributed by atoms with Crippen LogP contribution in [0.15, 0.2) is 12.7 Å². The molecule has 16 heavy (non-hydrogen) atoms. The Hall–Kier alpha value is -0.0100. The molecule has 98 valence electrons. The first-order valence-corrected chi connectivity index (χ1v) is 6.60. The van der Waals surface area contributed by atoms with Gasteiger partial charge in [-0.1, -0.05) is 57.9 Å². The molecule has 0 fully saturated rings. The fourth-order valence-corrected chi connectivity index (χ4v) is 1.83. The van der Waals surface area contributed by atoms with Crippen LogP contribution in [0.2, 0.25) is 0 Å². The molecule has 0 N–H and O–H groups in total. The normalized spacial score (nSPS) is 10.2. The summed E-state index contributed by atoms with van der Waals surface area (Å²) in [5.74, 6) is 0. The van der Waals surface area contributed by atoms with E-state index < -0.39 is 0 Å². The molecule has 0 saturated carbocycles. The quantitative estimate of drug-likeness (QED) is 0.379. The Labute approximate surface area is 109 Å². The summed E-state index contributed by atoms with van der Waals surface area (Å²) in [5.41, 5.74) is 0. The van der Waals surface area contributed by atoms with Gasteiger partial charge in [0.15, 0.2) is 0 Å². The molecule has 0 bridgehead atoms. The highest BCUT2D eigenvalue weighted by atomic mass is 35.5. The van der Waals surface area contributed by atoms with Crippen LogP contribution in [0, 0.1) is 0 Å². The van der Waals surface area contributed by atoms with E-state index in [-0.39, 0.29) is 12.4 Å². The number of rotatable bonds is 11. The zero-order valence-corrected chi connectivity index (χ0v) is 12.0. The predicted octanol–water partition coefficient (Wildman–Crippen LogP) is 4.67. The second-order valence-electron chi connectivity index (χ2n) is 4.53. The van der Waals surface area contributed by atoms with Crippen LogP contribution in [-0.2, 0) is 0 Å². The molecule has 0 aromatic rings. The third kappa shape index (κ3) is 14.0. The van der Waals surface area contributed by atoms with Crippen molar-refractivity contribution in [3.05, 3.63) is 12.7 Å². The summed E-state index contributed by atoms with van der Waals surface area (Å²) >= 11 is 0. The molecule has 0 atom stereocenters. The highest BCUT2D eigenvalue weighted by Gasteiger charge is 1.95. The monoisotopic (exact) mass is 247 g/mol. The fourth-order valence-electron chi connectivity index (χ4n) is 1.83. The van der Waals surface area contributed by atoms with Crippen molar-refractivity contribution in [1.29, 1.82) is 0 Å². The van der Waals surface area contributed by atoms with Crippen LogP contribution in [0.5, 0.6) is 0 Å². The maximum absolute atomic E-state index is 3.75. The van der Waals surface area contributed by atoms with Crippen molar-refractivity contribution < 1.29 is 0 Å². The van der Waals surface area contributed by atoms with Gasteiger partial charge in [0.2, 0.25) is 0 Å². The number of unbranched alkanes of at least 4 members (excludes halogenated alkanes) is 7. The Morgan fingerprint density at radius 2 is 1.44 bits per heavy atom. The summed E-state index contributed by atoms with van der Waals surface area (Å²) in [7, 11) is 2.17. The zero-order chi connectivity index (χ0) is 11.4. The van der Waals surface area contributed by atoms with E-state index in [0.717, 1.165) is 6.54 Å². The lowest BCUT2D eigenvalue weighted by Crippen LogP contribution is -2.19. The molecule has 0 aliphatic rings. The molecule has 0 saturated heterocycles. The van der Waals surface area contributed by atoms with Gasteiger partial charge >= 0.3 is 0 Å². The standard InChI is InChI=1S/C14H29N.ClH/c1-4-6-7-8-9-10-11-12-14-15(3)13-5-2;/h5H,2,4,6-14H2,1,3H3;1H. The largest absolute Gasteiger partial charge is 0.303 e. The van der Waals surface area contributed by atoms with Gasteiger partial charge in [-0.15, -0.1) is 19.0 Å². The highest BCUT2D eigenvalue weighted by Crippen LogP contribution is 2.08. The molecular formula is C14H30ClN. The van der Waals surface area contributed by atoms with Crippen LogP contribution in [0.4, 0.5) is 0 Å². The Morgan fingerprint density at radius 3 is 1.94 bits per heavy atom. The number of likely N-dealkylation sites (N-methyl/N-ethyl adjacent to an activating group) is 1. The van der Waals surface area contributed by atoms with Gasteiger partial charge in [0.05, 0.1) is 0 Å². The molecule has 0 rings (SSSR count). The van der Waals surface area contributed by atoms with Crippen LogP contribution >= 0.6 is 12.4 Å². The molecule has 0 aliphatic heterocycles. The predicted molar refractivity (Wildman–Crippen MR) is 77.6 cm³/mol. The minimum atomic E-state index is 0. The summed E-state index contributed by atoms with van der Waals surface area (Å²) in [5, 5.41) is 0. The van der Waals surface area contributed by atoms with E-state index >= 15 is 0 Å². The van der Waals surface area contributed by atoms with Crippen molar-refractivity contribution in [3.8, 4) is 0 Å². The third-order valence-electron chi connectivity index (χ3n) is 2.83. The number of halogens is 1. The van der Waals surface area contributed by atoms with E-state index in [2.05, 4.69) is 25.5 Å². The molecule has 1 nitrogen and oxygen atoms in total. The Balaban J connectivity index is 0. The Bertz CT molecular complexity index is 137. The molecule has 0 amide bonds. The Kier molecular flexibility index (Phi) is 17.2. The van der Waals surface area contributed by atoms with E-state index in [1.807, 2.05) is 6.08 Å². The topological polar surface area (TPSA) is 3.24 Å². The first kappa shape index (κ1) is 18.4. The molecule has 0 radical (unpaired) electrons. The van der Waals surface area contributed by atoms with Crippen LogP contribution in [0.3, 0.4) is 0 Å². The van der Waals surface area contributed by atoms with Gasteiger partial charge < -0.3 is 4.90 Å². The van der Waals surface area contributed by atoms with Gasteiger partial charge in [0.25, 0.3) is 0 Å². The van der Waals surface area contributed by atoms with Gasteiger partial charge in [0.1, 0.15) is 0 Å². The van der Waals surface area contributed by atoms with Gasteiger partial charge in [-0.25, -0.2) is 0 Å². The van der Waals surface area contributed by atoms with E-state index in [1.54, 1.807) is 0 Å². The maximum Gasteiger partial charge on any atom is 0.0157 e. The number of nitrogens with zero attached hydrogens (tertiary/aromatic N) is 1. The average Bonchev–Trinajstić information content (AvgIpc) is 2.22. The summed E-state index contributed by atoms with van der Waals surface area (Å²) in [4.78, 5) is 2.34. The SMILES string of the molecule is C=CCN(C)CCCCCCCCCC.Cl. The lowest BCUT2D eigenvalue weighted by atomic mass is 10.1. The highest BCUT2D eigenvalue weighted by molar-refractivity contribution is 5.85. The van der Waals surface area contributed by atoms with Crippen molar-refractivity contribution in [3.63, 3.8) is 0 Å². The van der Waals surface area contributed by atoms with Crippen LogP contribution < -0.4 is 0 Å². The number of hydrogen-bond donors (Lipinski definition) is 0. The maximum atomic E-state index is 3.75. The molecular weight excluding hydrogens is 218 g/mol. The van der Waals surface area contributed by atoms with Gasteiger partial charge in [-0.2, -0.15) is 0 Å². The summed E-state index contributed by atoms with van der Waals surface area (Å²) in [6.45, 7) is 8.27. The first-order chi connectivity index (χ1) is 7.31. The van der Waals surface area contributed by atoms with E-state index in [0.29, 0.717) is 0 Å². The molecule has 0 aromatic carbocycles. The molecule has 2 heteroatoms. The molecule has 0 heterocycles. The molecule has 0 aliphatic carbocycles. The molecule has 0 unspecified atom stereocenters. The lowest BCUT2D eigenvalue weighted by Gasteiger charge is -2.13. The summed E-state index contributed by atoms with van der Waals surface area (Å²) in [6, 6.07) is 0. The van der Waals surface area contributed by atoms with Crippen molar-refractivity contribution in [2.45, 2.75) is 58.3 Å². The fraction of sp³-hybridized carbons (Fsp3) is 0.857. The van der Waals surface area contributed by atoms with E-state index in [1.165, 1.54) is 57.9 Å². The lowest BCUT2D eigenvalue weighted by molar-refractivity contribution is 0.356. The van der Waals surface area contributed by atoms with Gasteiger partial charge in [-0.05, 0) is 20.0 Å². The van der Waals surface area contributed by atoms with E-state index in [9.17, 15) is 0 Å². The number of hydrogen-bond acceptors (Lipinski definition) is 1. The van der Waals surface area contributed by atoms with Crippen molar-refractivity contribution in [2.24, 2.45) is 0 Å². The van der Waals surface area contributed by atoms with Crippen LogP contribution in [0.1, 0.15) is 58.3 Å². The minimum absolute atomic E-state index is 0. The van der Waals surface area contributed by atoms with Crippen molar-refractivity contribution >= 4 is 12.4 Å². The van der Waals surface area contributed by atoms with Crippen LogP contribution in [-0.4, -0.2) is 25.0 Å². The summed E-state index contributed by atoms with van der Waals surface area (Å²) in [6.07, 6.45) is 13.2. The smallest absolute Gasteiger partial charge is 0.0157 e. The van der Waals surface area contributed by atoms with Crippen LogP contribution in [0.25, 0.3) is 0 Å². The third-order valence-corrected chi connectivity index (χ3v) is 2.83. The second kappa shape index (κ2) is 15.0. The molecule has 0 spiro atoms. The summed E-state index contributed by atoms with van der Waals surface area (Å²) < 4.78 is 0. The van der Waals surface area contributed by atoms with E-state index in [4.69, 9.17) is 0 Å². The van der Waals surface area contributed by atoms with Crippen molar-refractivity contribution in [2.75, 3.05) is 20.1 Å². The van der Waals surface area contributed by atoms with Crippen molar-refractivity contribution in [1.82, 2.24) is 4.90 Å². The first-order valence-electron chi connectivity index (χ1n) is 6.60. The minimum Gasteiger partial charge on any atom is -0.303 e. The van der Waals surface area contributed by atoms with Gasteiger partial charge in [0, 0.05) is 6.54 Å². The Morgan fingerprint density at radius 1 is 0.938 bits per heavy atom. The zero-order valence-electron chi connectivity index (χ0n) is 11.2. The average molecular weight is 248 g/mol. The van der Waals surface area contributed by atoms with Gasteiger partial charge in [-0.3, -0.25) is 0 Å². The molecule has 0 aromatic heterocycles.